The molecule has 0 aliphatic carbocycles. The van der Waals surface area contributed by atoms with Gasteiger partial charge in [0.15, 0.2) is 17.5 Å². The van der Waals surface area contributed by atoms with Gasteiger partial charge >= 0.3 is 0 Å². The molecule has 56 heavy (non-hydrogen) atoms. The molecule has 0 amide bonds. The lowest BCUT2D eigenvalue weighted by Crippen LogP contribution is -2.01. The van der Waals surface area contributed by atoms with E-state index in [-0.39, 0.29) is 0 Å². The van der Waals surface area contributed by atoms with Crippen LogP contribution in [0.3, 0.4) is 0 Å². The molecule has 0 radical (unpaired) electrons. The summed E-state index contributed by atoms with van der Waals surface area (Å²) in [5, 5.41) is 4.89. The van der Waals surface area contributed by atoms with E-state index in [0.29, 0.717) is 17.5 Å². The van der Waals surface area contributed by atoms with E-state index >= 15 is 0 Å². The molecular weight excluding hydrogens is 685 g/mol. The monoisotopic (exact) mass is 714 g/mol. The summed E-state index contributed by atoms with van der Waals surface area (Å²) in [7, 11) is 0. The number of nitrogens with zero attached hydrogens (tertiary/aromatic N) is 6. The van der Waals surface area contributed by atoms with Gasteiger partial charge in [0.25, 0.3) is 0 Å². The Bertz CT molecular complexity index is 3290. The number of fused-ring (bicyclic) bond motifs is 11. The van der Waals surface area contributed by atoms with Gasteiger partial charge in [-0.3, -0.25) is 4.57 Å². The quantitative estimate of drug-likeness (QED) is 0.182. The second kappa shape index (κ2) is 11.9. The van der Waals surface area contributed by atoms with Gasteiger partial charge in [-0.1, -0.05) is 133 Å². The Hall–Kier alpha value is -7.70. The Balaban J connectivity index is 1.07. The molecule has 5 heterocycles. The maximum Gasteiger partial charge on any atom is 0.165 e. The van der Waals surface area contributed by atoms with Crippen LogP contribution in [-0.2, 0) is 0 Å². The lowest BCUT2D eigenvalue weighted by Gasteiger charge is -2.14. The Morgan fingerprint density at radius 2 is 0.893 bits per heavy atom. The Morgan fingerprint density at radius 3 is 1.59 bits per heavy atom. The molecular formula is C50H30N6. The van der Waals surface area contributed by atoms with Crippen molar-refractivity contribution in [1.82, 2.24) is 29.1 Å². The fraction of sp³-hybridized carbons (Fsp3) is 0. The molecule has 0 spiro atoms. The summed E-state index contributed by atoms with van der Waals surface area (Å²) in [6.07, 6.45) is 1.88. The summed E-state index contributed by atoms with van der Waals surface area (Å²) < 4.78 is 4.75. The van der Waals surface area contributed by atoms with Gasteiger partial charge < -0.3 is 4.57 Å². The molecule has 4 aromatic heterocycles. The predicted octanol–water partition coefficient (Wildman–Crippen LogP) is 12.1. The summed E-state index contributed by atoms with van der Waals surface area (Å²) >= 11 is 0. The molecule has 6 nitrogen and oxygen atoms in total. The van der Waals surface area contributed by atoms with E-state index in [4.69, 9.17) is 19.9 Å². The van der Waals surface area contributed by atoms with Crippen LogP contribution in [0, 0.1) is 0 Å². The molecule has 0 saturated heterocycles. The first-order valence-electron chi connectivity index (χ1n) is 18.8. The maximum absolute atomic E-state index is 5.13. The summed E-state index contributed by atoms with van der Waals surface area (Å²) in [4.78, 5) is 19.9. The highest BCUT2D eigenvalue weighted by Gasteiger charge is 2.26. The second-order valence-electron chi connectivity index (χ2n) is 14.3. The van der Waals surface area contributed by atoms with Crippen molar-refractivity contribution in [3.05, 3.63) is 182 Å². The van der Waals surface area contributed by atoms with Crippen molar-refractivity contribution in [1.29, 1.82) is 0 Å². The van der Waals surface area contributed by atoms with Crippen LogP contribution in [0.15, 0.2) is 182 Å². The van der Waals surface area contributed by atoms with Crippen LogP contribution in [0.25, 0.3) is 112 Å². The first-order valence-corrected chi connectivity index (χ1v) is 18.8. The molecule has 0 unspecified atom stereocenters. The number of rotatable bonds is 4. The third-order valence-corrected chi connectivity index (χ3v) is 11.2. The lowest BCUT2D eigenvalue weighted by molar-refractivity contribution is 1.05. The molecule has 12 rings (SSSR count). The molecule has 6 heteroatoms. The van der Waals surface area contributed by atoms with E-state index < -0.39 is 0 Å². The number of benzene rings is 7. The van der Waals surface area contributed by atoms with Gasteiger partial charge in [-0.2, -0.15) is 0 Å². The Morgan fingerprint density at radius 1 is 0.339 bits per heavy atom. The standard InChI is InChI=1S/C50H30N6/c1-3-14-31(15-4-1)48-52-49(32-16-5-2-6-17-32)54-50(53-48)33-26-27-46(51-30-33)55-42-23-10-9-20-36(42)41-28-39-38-22-13-21-37-34-18-7-11-24-43(34)56(47(37)38)44-25-12-8-19-35(44)40(39)29-45(41)55/h1-30H. The average molecular weight is 715 g/mol. The van der Waals surface area contributed by atoms with Crippen LogP contribution in [0.2, 0.25) is 0 Å². The highest BCUT2D eigenvalue weighted by atomic mass is 15.1. The van der Waals surface area contributed by atoms with Gasteiger partial charge in [-0.05, 0) is 53.6 Å². The van der Waals surface area contributed by atoms with Crippen molar-refractivity contribution in [3.63, 3.8) is 0 Å². The minimum absolute atomic E-state index is 0.575. The predicted molar refractivity (Wildman–Crippen MR) is 227 cm³/mol. The van der Waals surface area contributed by atoms with Crippen molar-refractivity contribution < 1.29 is 0 Å². The summed E-state index contributed by atoms with van der Waals surface area (Å²) in [6.45, 7) is 0. The molecule has 1 aliphatic heterocycles. The zero-order chi connectivity index (χ0) is 36.7. The third-order valence-electron chi connectivity index (χ3n) is 11.2. The third kappa shape index (κ3) is 4.50. The van der Waals surface area contributed by atoms with E-state index in [2.05, 4.69) is 124 Å². The molecule has 0 fully saturated rings. The van der Waals surface area contributed by atoms with Crippen LogP contribution >= 0.6 is 0 Å². The van der Waals surface area contributed by atoms with Crippen LogP contribution < -0.4 is 0 Å². The van der Waals surface area contributed by atoms with Crippen molar-refractivity contribution in [2.24, 2.45) is 0 Å². The molecule has 260 valence electrons. The highest BCUT2D eigenvalue weighted by Crippen LogP contribution is 2.49. The van der Waals surface area contributed by atoms with Gasteiger partial charge in [-0.15, -0.1) is 0 Å². The summed E-state index contributed by atoms with van der Waals surface area (Å²) in [5.41, 5.74) is 13.4. The molecule has 7 aromatic carbocycles. The van der Waals surface area contributed by atoms with E-state index in [0.717, 1.165) is 33.5 Å². The number of pyridine rings is 1. The minimum atomic E-state index is 0.575. The van der Waals surface area contributed by atoms with E-state index in [1.807, 2.05) is 66.9 Å². The van der Waals surface area contributed by atoms with Crippen molar-refractivity contribution in [3.8, 4) is 67.9 Å². The maximum atomic E-state index is 5.13. The van der Waals surface area contributed by atoms with Crippen LogP contribution in [0.5, 0.6) is 0 Å². The average Bonchev–Trinajstić information content (AvgIpc) is 3.75. The fourth-order valence-electron chi connectivity index (χ4n) is 8.68. The Kier molecular flexibility index (Phi) is 6.53. The number of hydrogen-bond donors (Lipinski definition) is 0. The van der Waals surface area contributed by atoms with E-state index in [9.17, 15) is 0 Å². The minimum Gasteiger partial charge on any atom is -0.308 e. The van der Waals surface area contributed by atoms with E-state index in [1.165, 1.54) is 60.5 Å². The van der Waals surface area contributed by atoms with Gasteiger partial charge in [0.1, 0.15) is 5.82 Å². The van der Waals surface area contributed by atoms with Crippen molar-refractivity contribution in [2.75, 3.05) is 0 Å². The fourth-order valence-corrected chi connectivity index (χ4v) is 8.68. The van der Waals surface area contributed by atoms with Crippen LogP contribution in [-0.4, -0.2) is 29.1 Å². The molecule has 0 atom stereocenters. The number of aromatic nitrogens is 6. The molecule has 1 aliphatic rings. The smallest absolute Gasteiger partial charge is 0.165 e. The van der Waals surface area contributed by atoms with Crippen molar-refractivity contribution in [2.45, 2.75) is 0 Å². The summed E-state index contributed by atoms with van der Waals surface area (Å²) in [6, 6.07) is 61.9. The Labute approximate surface area is 321 Å². The topological polar surface area (TPSA) is 61.4 Å². The zero-order valence-corrected chi connectivity index (χ0v) is 30.0. The summed E-state index contributed by atoms with van der Waals surface area (Å²) in [5.74, 6) is 2.64. The van der Waals surface area contributed by atoms with Crippen LogP contribution in [0.1, 0.15) is 0 Å². The largest absolute Gasteiger partial charge is 0.308 e. The SMILES string of the molecule is c1ccc(-c2nc(-c3ccccc3)nc(-c3ccc(-n4c5ccccc5c5cc6c(cc54)-c4ccccc4-n4c5ccccc5c5cccc-6c54)nc3)n2)cc1. The van der Waals surface area contributed by atoms with E-state index in [1.54, 1.807) is 0 Å². The molecule has 0 bridgehead atoms. The molecule has 0 saturated carbocycles. The van der Waals surface area contributed by atoms with Crippen molar-refractivity contribution >= 4 is 43.6 Å². The number of hydrogen-bond acceptors (Lipinski definition) is 4. The van der Waals surface area contributed by atoms with Gasteiger partial charge in [0.05, 0.1) is 27.8 Å². The highest BCUT2D eigenvalue weighted by molar-refractivity contribution is 6.19. The van der Waals surface area contributed by atoms with Gasteiger partial charge in [0.2, 0.25) is 0 Å². The second-order valence-corrected chi connectivity index (χ2v) is 14.3. The van der Waals surface area contributed by atoms with Gasteiger partial charge in [0, 0.05) is 55.6 Å². The zero-order valence-electron chi connectivity index (χ0n) is 30.0. The first kappa shape index (κ1) is 30.7. The molecule has 0 N–H and O–H groups in total. The normalized spacial score (nSPS) is 11.9. The number of para-hydroxylation sites is 4. The first-order chi connectivity index (χ1) is 27.8. The molecule has 11 aromatic rings. The van der Waals surface area contributed by atoms with Crippen LogP contribution in [0.4, 0.5) is 0 Å². The van der Waals surface area contributed by atoms with Gasteiger partial charge in [-0.25, -0.2) is 19.9 Å². The lowest BCUT2D eigenvalue weighted by atomic mass is 9.92.